The molecule has 2 aromatic carbocycles. The molecular weight excluding hydrogens is 226 g/mol. The molecule has 1 heterocycles. The number of para-hydroxylation sites is 1. The Balaban J connectivity index is 1.91. The minimum atomic E-state index is 0.0404. The van der Waals surface area contributed by atoms with E-state index in [-0.39, 0.29) is 5.91 Å². The van der Waals surface area contributed by atoms with E-state index >= 15 is 0 Å². The van der Waals surface area contributed by atoms with Gasteiger partial charge in [-0.15, -0.1) is 0 Å². The van der Waals surface area contributed by atoms with Crippen LogP contribution in [-0.4, -0.2) is 5.91 Å². The largest absolute Gasteiger partial charge is 0.399 e. The molecular formula is C14H13N3O. The third kappa shape index (κ3) is 1.78. The zero-order chi connectivity index (χ0) is 12.5. The van der Waals surface area contributed by atoms with Gasteiger partial charge in [-0.2, -0.15) is 0 Å². The summed E-state index contributed by atoms with van der Waals surface area (Å²) in [6.07, 6.45) is 0.436. The van der Waals surface area contributed by atoms with Crippen molar-refractivity contribution in [2.24, 2.45) is 0 Å². The number of nitrogens with two attached hydrogens (primary N) is 1. The van der Waals surface area contributed by atoms with Crippen LogP contribution in [0.3, 0.4) is 0 Å². The molecule has 0 unspecified atom stereocenters. The van der Waals surface area contributed by atoms with Crippen LogP contribution in [-0.2, 0) is 11.2 Å². The number of hydrogen-bond acceptors (Lipinski definition) is 3. The highest BCUT2D eigenvalue weighted by molar-refractivity contribution is 6.02. The van der Waals surface area contributed by atoms with Crippen LogP contribution in [0.4, 0.5) is 17.1 Å². The van der Waals surface area contributed by atoms with E-state index in [2.05, 4.69) is 5.43 Å². The SMILES string of the molecule is Nc1cccc(NN2C(=O)Cc3ccccc32)c1. The van der Waals surface area contributed by atoms with Crippen LogP contribution in [0, 0.1) is 0 Å². The highest BCUT2D eigenvalue weighted by atomic mass is 16.2. The third-order valence-corrected chi connectivity index (χ3v) is 2.95. The molecule has 1 aliphatic heterocycles. The third-order valence-electron chi connectivity index (χ3n) is 2.95. The molecule has 3 rings (SSSR count). The second-order valence-electron chi connectivity index (χ2n) is 4.27. The Morgan fingerprint density at radius 2 is 1.94 bits per heavy atom. The molecule has 0 radical (unpaired) electrons. The van der Waals surface area contributed by atoms with Crippen molar-refractivity contribution in [3.8, 4) is 0 Å². The first-order chi connectivity index (χ1) is 8.74. The first kappa shape index (κ1) is 10.7. The number of hydrogen-bond donors (Lipinski definition) is 2. The molecule has 0 spiro atoms. The zero-order valence-corrected chi connectivity index (χ0v) is 9.76. The number of fused-ring (bicyclic) bond motifs is 1. The van der Waals surface area contributed by atoms with Gasteiger partial charge in [0, 0.05) is 5.69 Å². The monoisotopic (exact) mass is 239 g/mol. The van der Waals surface area contributed by atoms with Gasteiger partial charge in [0.25, 0.3) is 0 Å². The van der Waals surface area contributed by atoms with Crippen molar-refractivity contribution >= 4 is 23.0 Å². The Kier molecular flexibility index (Phi) is 2.41. The van der Waals surface area contributed by atoms with E-state index in [0.717, 1.165) is 16.9 Å². The molecule has 1 aliphatic rings. The number of nitrogens with one attached hydrogen (secondary N) is 1. The first-order valence-corrected chi connectivity index (χ1v) is 5.77. The quantitative estimate of drug-likeness (QED) is 0.790. The molecule has 2 aromatic rings. The summed E-state index contributed by atoms with van der Waals surface area (Å²) in [4.78, 5) is 12.0. The summed E-state index contributed by atoms with van der Waals surface area (Å²) < 4.78 is 0. The van der Waals surface area contributed by atoms with Gasteiger partial charge in [-0.25, -0.2) is 5.01 Å². The first-order valence-electron chi connectivity index (χ1n) is 5.77. The van der Waals surface area contributed by atoms with Gasteiger partial charge in [-0.3, -0.25) is 10.2 Å². The summed E-state index contributed by atoms with van der Waals surface area (Å²) in [5.41, 5.74) is 12.2. The van der Waals surface area contributed by atoms with Crippen molar-refractivity contribution in [2.75, 3.05) is 16.2 Å². The van der Waals surface area contributed by atoms with E-state index in [0.29, 0.717) is 12.1 Å². The van der Waals surface area contributed by atoms with Crippen LogP contribution < -0.4 is 16.2 Å². The lowest BCUT2D eigenvalue weighted by Crippen LogP contribution is -2.32. The summed E-state index contributed by atoms with van der Waals surface area (Å²) in [6, 6.07) is 15.1. The van der Waals surface area contributed by atoms with Crippen LogP contribution in [0.5, 0.6) is 0 Å². The van der Waals surface area contributed by atoms with E-state index in [4.69, 9.17) is 5.73 Å². The number of amides is 1. The molecule has 0 aliphatic carbocycles. The van der Waals surface area contributed by atoms with Crippen LogP contribution in [0.25, 0.3) is 0 Å². The van der Waals surface area contributed by atoms with Crippen molar-refractivity contribution in [3.63, 3.8) is 0 Å². The number of benzene rings is 2. The fourth-order valence-electron chi connectivity index (χ4n) is 2.11. The Labute approximate surface area is 105 Å². The molecule has 4 nitrogen and oxygen atoms in total. The highest BCUT2D eigenvalue weighted by Gasteiger charge is 2.26. The van der Waals surface area contributed by atoms with Crippen LogP contribution in [0.15, 0.2) is 48.5 Å². The molecule has 0 saturated carbocycles. The summed E-state index contributed by atoms with van der Waals surface area (Å²) in [7, 11) is 0. The number of rotatable bonds is 2. The van der Waals surface area contributed by atoms with E-state index in [9.17, 15) is 4.79 Å². The van der Waals surface area contributed by atoms with Crippen molar-refractivity contribution in [3.05, 3.63) is 54.1 Å². The van der Waals surface area contributed by atoms with Gasteiger partial charge in [0.2, 0.25) is 5.91 Å². The van der Waals surface area contributed by atoms with Crippen molar-refractivity contribution in [1.82, 2.24) is 0 Å². The zero-order valence-electron chi connectivity index (χ0n) is 9.76. The molecule has 18 heavy (non-hydrogen) atoms. The fourth-order valence-corrected chi connectivity index (χ4v) is 2.11. The summed E-state index contributed by atoms with van der Waals surface area (Å²) in [5.74, 6) is 0.0404. The van der Waals surface area contributed by atoms with Gasteiger partial charge in [-0.05, 0) is 29.8 Å². The van der Waals surface area contributed by atoms with Crippen LogP contribution >= 0.6 is 0 Å². The Morgan fingerprint density at radius 3 is 2.78 bits per heavy atom. The molecule has 1 amide bonds. The molecule has 0 atom stereocenters. The van der Waals surface area contributed by atoms with Gasteiger partial charge < -0.3 is 5.73 Å². The van der Waals surface area contributed by atoms with Gasteiger partial charge in [0.15, 0.2) is 0 Å². The lowest BCUT2D eigenvalue weighted by atomic mass is 10.2. The predicted molar refractivity (Wildman–Crippen MR) is 72.1 cm³/mol. The number of nitrogens with zero attached hydrogens (tertiary/aromatic N) is 1. The van der Waals surface area contributed by atoms with Gasteiger partial charge in [0.05, 0.1) is 17.8 Å². The highest BCUT2D eigenvalue weighted by Crippen LogP contribution is 2.28. The molecule has 0 aromatic heterocycles. The average molecular weight is 239 g/mol. The van der Waals surface area contributed by atoms with E-state index < -0.39 is 0 Å². The lowest BCUT2D eigenvalue weighted by Gasteiger charge is -2.19. The molecule has 90 valence electrons. The van der Waals surface area contributed by atoms with Gasteiger partial charge in [-0.1, -0.05) is 24.3 Å². The normalized spacial score (nSPS) is 13.6. The maximum absolute atomic E-state index is 12.0. The van der Waals surface area contributed by atoms with E-state index in [1.807, 2.05) is 42.5 Å². The number of nitrogen functional groups attached to an aromatic ring is 1. The number of carbonyl (C=O) groups excluding carboxylic acids is 1. The van der Waals surface area contributed by atoms with Gasteiger partial charge >= 0.3 is 0 Å². The average Bonchev–Trinajstić information content (AvgIpc) is 2.66. The van der Waals surface area contributed by atoms with Crippen molar-refractivity contribution in [1.29, 1.82) is 0 Å². The molecule has 0 saturated heterocycles. The Bertz CT molecular complexity index is 609. The van der Waals surface area contributed by atoms with E-state index in [1.54, 1.807) is 11.1 Å². The second kappa shape index (κ2) is 4.07. The van der Waals surface area contributed by atoms with Crippen molar-refractivity contribution < 1.29 is 4.79 Å². The number of hydrazine groups is 1. The summed E-state index contributed by atoms with van der Waals surface area (Å²) in [5, 5.41) is 1.57. The molecule has 3 N–H and O–H groups in total. The van der Waals surface area contributed by atoms with Crippen molar-refractivity contribution in [2.45, 2.75) is 6.42 Å². The van der Waals surface area contributed by atoms with Crippen LogP contribution in [0.2, 0.25) is 0 Å². The number of carbonyl (C=O) groups is 1. The maximum atomic E-state index is 12.0. The summed E-state index contributed by atoms with van der Waals surface area (Å²) >= 11 is 0. The standard InChI is InChI=1S/C14H13N3O/c15-11-5-3-6-12(9-11)16-17-13-7-2-1-4-10(13)8-14(17)18/h1-7,9,16H,8,15H2. The van der Waals surface area contributed by atoms with Crippen LogP contribution in [0.1, 0.15) is 5.56 Å². The van der Waals surface area contributed by atoms with E-state index in [1.165, 1.54) is 0 Å². The Morgan fingerprint density at radius 1 is 1.11 bits per heavy atom. The lowest BCUT2D eigenvalue weighted by molar-refractivity contribution is -0.117. The molecule has 0 bridgehead atoms. The molecule has 4 heteroatoms. The number of anilines is 3. The smallest absolute Gasteiger partial charge is 0.250 e. The van der Waals surface area contributed by atoms with Gasteiger partial charge in [0.1, 0.15) is 0 Å². The topological polar surface area (TPSA) is 58.4 Å². The molecule has 0 fully saturated rings. The maximum Gasteiger partial charge on any atom is 0.250 e. The summed E-state index contributed by atoms with van der Waals surface area (Å²) in [6.45, 7) is 0. The fraction of sp³-hybridized carbons (Fsp3) is 0.0714. The Hall–Kier alpha value is -2.49. The minimum Gasteiger partial charge on any atom is -0.399 e. The second-order valence-corrected chi connectivity index (χ2v) is 4.27. The predicted octanol–water partition coefficient (Wildman–Crippen LogP) is 2.18. The minimum absolute atomic E-state index is 0.0404.